The van der Waals surface area contributed by atoms with Crippen molar-refractivity contribution in [3.05, 3.63) is 83.7 Å². The molecular formula is C30H26F3N7O. The fourth-order valence-corrected chi connectivity index (χ4v) is 4.69. The van der Waals surface area contributed by atoms with Gasteiger partial charge in [-0.1, -0.05) is 19.1 Å². The van der Waals surface area contributed by atoms with Crippen LogP contribution in [0.25, 0.3) is 33.7 Å². The molecule has 0 spiro atoms. The van der Waals surface area contributed by atoms with E-state index in [1.165, 1.54) is 6.07 Å². The Morgan fingerprint density at radius 2 is 1.90 bits per heavy atom. The number of carbonyl (C=O) groups excluding carboxylic acids is 1. The molecule has 0 bridgehead atoms. The molecule has 0 saturated heterocycles. The molecule has 2 aromatic carbocycles. The summed E-state index contributed by atoms with van der Waals surface area (Å²) in [4.78, 5) is 16.3. The highest BCUT2D eigenvalue weighted by atomic mass is 19.4. The summed E-state index contributed by atoms with van der Waals surface area (Å²) in [5, 5.41) is 21.3. The lowest BCUT2D eigenvalue weighted by Crippen LogP contribution is -2.06. The fourth-order valence-electron chi connectivity index (χ4n) is 4.69. The number of pyridine rings is 1. The van der Waals surface area contributed by atoms with Gasteiger partial charge in [-0.25, -0.2) is 9.20 Å². The highest BCUT2D eigenvalue weighted by molar-refractivity contribution is 5.87. The van der Waals surface area contributed by atoms with Gasteiger partial charge in [-0.2, -0.15) is 28.5 Å². The number of nitrogens with one attached hydrogen (secondary N) is 1. The Morgan fingerprint density at radius 1 is 1.12 bits per heavy atom. The molecule has 0 aliphatic carbocycles. The zero-order valence-electron chi connectivity index (χ0n) is 22.4. The van der Waals surface area contributed by atoms with E-state index < -0.39 is 11.7 Å². The number of carbonyl (C=O) groups is 1. The molecule has 208 valence electrons. The maximum Gasteiger partial charge on any atom is 0.416 e. The summed E-state index contributed by atoms with van der Waals surface area (Å²) >= 11 is 0. The molecule has 0 aliphatic heterocycles. The molecule has 41 heavy (non-hydrogen) atoms. The predicted molar refractivity (Wildman–Crippen MR) is 148 cm³/mol. The van der Waals surface area contributed by atoms with Crippen molar-refractivity contribution < 1.29 is 18.0 Å². The van der Waals surface area contributed by atoms with Gasteiger partial charge in [0, 0.05) is 36.7 Å². The van der Waals surface area contributed by atoms with E-state index in [1.807, 2.05) is 19.9 Å². The van der Waals surface area contributed by atoms with Gasteiger partial charge in [-0.3, -0.25) is 4.79 Å². The Kier molecular flexibility index (Phi) is 7.57. The van der Waals surface area contributed by atoms with E-state index in [1.54, 1.807) is 51.9 Å². The maximum atomic E-state index is 13.7. The standard InChI is InChI=1S/C30H26F3N7O/c1-3-24(41)8-5-14-35-29-37-28-27(21-6-4-7-22(16-21)30(31,32)33)19(2)25(18-39(28)38-29)26-13-15-36-40(26)23-11-9-20(17-34)10-12-23/h4,6-7,9-13,15-16,18H,3,5,8,14H2,1-2H3,(H,35,38). The Morgan fingerprint density at radius 3 is 2.61 bits per heavy atom. The van der Waals surface area contributed by atoms with Gasteiger partial charge in [-0.05, 0) is 66.9 Å². The zero-order valence-corrected chi connectivity index (χ0v) is 22.4. The second-order valence-electron chi connectivity index (χ2n) is 9.53. The number of Topliss-reactive ketones (excluding diaryl/α,β-unsaturated/α-hetero) is 1. The number of halogens is 3. The van der Waals surface area contributed by atoms with Gasteiger partial charge in [-0.15, -0.1) is 5.10 Å². The van der Waals surface area contributed by atoms with Gasteiger partial charge >= 0.3 is 6.18 Å². The monoisotopic (exact) mass is 557 g/mol. The van der Waals surface area contributed by atoms with E-state index in [-0.39, 0.29) is 5.78 Å². The molecule has 5 aromatic rings. The van der Waals surface area contributed by atoms with Gasteiger partial charge in [0.2, 0.25) is 5.95 Å². The highest BCUT2D eigenvalue weighted by Gasteiger charge is 2.31. The number of nitriles is 1. The molecule has 8 nitrogen and oxygen atoms in total. The fraction of sp³-hybridized carbons (Fsp3) is 0.233. The Bertz CT molecular complexity index is 1760. The number of fused-ring (bicyclic) bond motifs is 1. The number of hydrogen-bond acceptors (Lipinski definition) is 6. The first-order valence-corrected chi connectivity index (χ1v) is 13.1. The molecule has 0 amide bonds. The van der Waals surface area contributed by atoms with Crippen LogP contribution in [0.3, 0.4) is 0 Å². The summed E-state index contributed by atoms with van der Waals surface area (Å²) in [7, 11) is 0. The van der Waals surface area contributed by atoms with E-state index in [0.29, 0.717) is 76.6 Å². The normalized spacial score (nSPS) is 11.5. The minimum Gasteiger partial charge on any atom is -0.353 e. The van der Waals surface area contributed by atoms with Gasteiger partial charge < -0.3 is 5.32 Å². The van der Waals surface area contributed by atoms with Crippen LogP contribution in [0, 0.1) is 18.3 Å². The van der Waals surface area contributed by atoms with E-state index in [0.717, 1.165) is 12.1 Å². The highest BCUT2D eigenvalue weighted by Crippen LogP contribution is 2.38. The van der Waals surface area contributed by atoms with Crippen molar-refractivity contribution in [1.29, 1.82) is 5.26 Å². The summed E-state index contributed by atoms with van der Waals surface area (Å²) in [5.74, 6) is 0.472. The van der Waals surface area contributed by atoms with Crippen LogP contribution in [0.2, 0.25) is 0 Å². The third kappa shape index (κ3) is 5.68. The lowest BCUT2D eigenvalue weighted by molar-refractivity contribution is -0.137. The van der Waals surface area contributed by atoms with E-state index in [4.69, 9.17) is 5.26 Å². The molecule has 0 fully saturated rings. The summed E-state index contributed by atoms with van der Waals surface area (Å²) in [6.45, 7) is 4.12. The lowest BCUT2D eigenvalue weighted by Gasteiger charge is -2.16. The van der Waals surface area contributed by atoms with E-state index in [9.17, 15) is 18.0 Å². The first-order chi connectivity index (χ1) is 19.7. The molecule has 0 unspecified atom stereocenters. The van der Waals surface area contributed by atoms with Gasteiger partial charge in [0.1, 0.15) is 5.78 Å². The van der Waals surface area contributed by atoms with Crippen LogP contribution in [0.4, 0.5) is 19.1 Å². The van der Waals surface area contributed by atoms with Crippen LogP contribution in [0.1, 0.15) is 42.9 Å². The SMILES string of the molecule is CCC(=O)CCCNc1nc2c(-c3cccc(C(F)(F)F)c3)c(C)c(-c3ccnn3-c3ccc(C#N)cc3)cn2n1. The van der Waals surface area contributed by atoms with Crippen molar-refractivity contribution >= 4 is 17.4 Å². The maximum absolute atomic E-state index is 13.7. The van der Waals surface area contributed by atoms with Crippen molar-refractivity contribution in [2.75, 3.05) is 11.9 Å². The third-order valence-corrected chi connectivity index (χ3v) is 6.83. The minimum absolute atomic E-state index is 0.167. The first-order valence-electron chi connectivity index (χ1n) is 13.1. The van der Waals surface area contributed by atoms with E-state index >= 15 is 0 Å². The third-order valence-electron chi connectivity index (χ3n) is 6.83. The van der Waals surface area contributed by atoms with Crippen LogP contribution < -0.4 is 5.32 Å². The molecule has 0 radical (unpaired) electrons. The molecule has 3 heterocycles. The smallest absolute Gasteiger partial charge is 0.353 e. The quantitative estimate of drug-likeness (QED) is 0.205. The van der Waals surface area contributed by atoms with Gasteiger partial charge in [0.15, 0.2) is 5.65 Å². The number of nitrogens with zero attached hydrogens (tertiary/aromatic N) is 6. The van der Waals surface area contributed by atoms with Crippen molar-refractivity contribution in [1.82, 2.24) is 24.4 Å². The Labute approximate surface area is 234 Å². The lowest BCUT2D eigenvalue weighted by atomic mass is 9.95. The van der Waals surface area contributed by atoms with Crippen LogP contribution in [0.15, 0.2) is 67.0 Å². The first kappa shape index (κ1) is 27.6. The minimum atomic E-state index is -4.51. The number of anilines is 1. The zero-order chi connectivity index (χ0) is 29.1. The summed E-state index contributed by atoms with van der Waals surface area (Å²) in [5.41, 5.74) is 3.77. The number of aromatic nitrogens is 5. The van der Waals surface area contributed by atoms with Crippen LogP contribution in [0.5, 0.6) is 0 Å². The Balaban J connectivity index is 1.64. The average Bonchev–Trinajstić information content (AvgIpc) is 3.61. The molecule has 11 heteroatoms. The molecular weight excluding hydrogens is 531 g/mol. The Hall–Kier alpha value is -4.98. The summed E-state index contributed by atoms with van der Waals surface area (Å²) in [6.07, 6.45) is 0.423. The average molecular weight is 558 g/mol. The molecule has 0 saturated carbocycles. The number of benzene rings is 2. The largest absolute Gasteiger partial charge is 0.416 e. The molecule has 0 aliphatic rings. The number of rotatable bonds is 9. The van der Waals surface area contributed by atoms with E-state index in [2.05, 4.69) is 26.6 Å². The van der Waals surface area contributed by atoms with Crippen molar-refractivity contribution in [3.63, 3.8) is 0 Å². The van der Waals surface area contributed by atoms with Crippen LogP contribution in [-0.2, 0) is 11.0 Å². The van der Waals surface area contributed by atoms with Crippen LogP contribution >= 0.6 is 0 Å². The number of ketones is 1. The molecule has 3 aromatic heterocycles. The van der Waals surface area contributed by atoms with Crippen molar-refractivity contribution in [2.45, 2.75) is 39.3 Å². The number of alkyl halides is 3. The van der Waals surface area contributed by atoms with Crippen molar-refractivity contribution in [3.8, 4) is 34.1 Å². The second-order valence-corrected chi connectivity index (χ2v) is 9.53. The molecule has 5 rings (SSSR count). The second kappa shape index (κ2) is 11.3. The van der Waals surface area contributed by atoms with Crippen LogP contribution in [-0.4, -0.2) is 36.7 Å². The number of hydrogen-bond donors (Lipinski definition) is 1. The summed E-state index contributed by atoms with van der Waals surface area (Å²) < 4.78 is 44.2. The molecule has 1 N–H and O–H groups in total. The van der Waals surface area contributed by atoms with Gasteiger partial charge in [0.25, 0.3) is 0 Å². The van der Waals surface area contributed by atoms with Gasteiger partial charge in [0.05, 0.1) is 34.8 Å². The topological polar surface area (TPSA) is 101 Å². The summed E-state index contributed by atoms with van der Waals surface area (Å²) in [6, 6.07) is 16.0. The van der Waals surface area contributed by atoms with Crippen molar-refractivity contribution in [2.24, 2.45) is 0 Å². The molecule has 0 atom stereocenters. The predicted octanol–water partition coefficient (Wildman–Crippen LogP) is 6.62.